The fraction of sp³-hybridized carbons (Fsp3) is 0.0333. The first-order chi connectivity index (χ1) is 18.1. The zero-order valence-corrected chi connectivity index (χ0v) is 19.6. The Hall–Kier alpha value is -5.17. The van der Waals surface area contributed by atoms with E-state index in [1.807, 2.05) is 36.4 Å². The molecule has 1 aliphatic rings. The third kappa shape index (κ3) is 4.12. The molecule has 6 rings (SSSR count). The summed E-state index contributed by atoms with van der Waals surface area (Å²) in [6, 6.07) is 22.9. The molecule has 0 fully saturated rings. The van der Waals surface area contributed by atoms with Crippen LogP contribution < -0.4 is 14.2 Å². The van der Waals surface area contributed by atoms with Crippen molar-refractivity contribution in [2.24, 2.45) is 0 Å². The van der Waals surface area contributed by atoms with Gasteiger partial charge in [-0.25, -0.2) is 4.79 Å². The number of nitrogens with zero attached hydrogens (tertiary/aromatic N) is 1. The molecular weight excluding hydrogens is 470 g/mol. The van der Waals surface area contributed by atoms with Gasteiger partial charge in [0.1, 0.15) is 34.2 Å². The van der Waals surface area contributed by atoms with E-state index in [-0.39, 0.29) is 22.9 Å². The maximum Gasteiger partial charge on any atom is 0.348 e. The first-order valence-electron chi connectivity index (χ1n) is 11.5. The fourth-order valence-electron chi connectivity index (χ4n) is 4.20. The van der Waals surface area contributed by atoms with Crippen molar-refractivity contribution in [2.45, 2.75) is 0 Å². The van der Waals surface area contributed by atoms with Gasteiger partial charge in [-0.1, -0.05) is 36.4 Å². The number of Topliss-reactive ketones (excluding diaryl/α,β-unsaturated/α-hetero) is 1. The van der Waals surface area contributed by atoms with Crippen molar-refractivity contribution in [1.29, 1.82) is 0 Å². The van der Waals surface area contributed by atoms with E-state index in [1.165, 1.54) is 6.07 Å². The Labute approximate surface area is 211 Å². The first-order valence-corrected chi connectivity index (χ1v) is 11.5. The van der Waals surface area contributed by atoms with Crippen LogP contribution in [0.2, 0.25) is 0 Å². The van der Waals surface area contributed by atoms with E-state index in [0.717, 1.165) is 11.1 Å². The van der Waals surface area contributed by atoms with Gasteiger partial charge in [0.25, 0.3) is 0 Å². The van der Waals surface area contributed by atoms with Gasteiger partial charge in [0, 0.05) is 29.4 Å². The van der Waals surface area contributed by atoms with Crippen LogP contribution in [0.1, 0.15) is 26.3 Å². The number of ketones is 1. The molecular formula is C30H19NO6. The minimum absolute atomic E-state index is 0.172. The van der Waals surface area contributed by atoms with Crippen molar-refractivity contribution in [1.82, 2.24) is 4.98 Å². The second-order valence-electron chi connectivity index (χ2n) is 8.31. The lowest BCUT2D eigenvalue weighted by Crippen LogP contribution is -2.09. The standard InChI is InChI=1S/C30H19NO6/c1-34-20-10-12-24-23(15-20)27(29(37-24)19-7-3-2-4-8-19)30(33)35-21-9-11-22-25(16-21)36-26(28(22)32)14-18-6-5-13-31-17-18/h2-17H,1H3/b26-14-. The molecule has 0 radical (unpaired) electrons. The normalized spacial score (nSPS) is 13.4. The molecule has 0 saturated carbocycles. The summed E-state index contributed by atoms with van der Waals surface area (Å²) >= 11 is 0. The van der Waals surface area contributed by atoms with E-state index in [4.69, 9.17) is 18.6 Å². The van der Waals surface area contributed by atoms with Crippen LogP contribution in [0.5, 0.6) is 17.2 Å². The number of hydrogen-bond donors (Lipinski definition) is 0. The molecule has 2 aromatic heterocycles. The number of carbonyl (C=O) groups excluding carboxylic acids is 2. The molecule has 0 spiro atoms. The van der Waals surface area contributed by atoms with Gasteiger partial charge in [-0.15, -0.1) is 0 Å². The smallest absolute Gasteiger partial charge is 0.348 e. The average Bonchev–Trinajstić information content (AvgIpc) is 3.46. The molecule has 7 heteroatoms. The molecule has 0 N–H and O–H groups in total. The number of allylic oxidation sites excluding steroid dienone is 1. The summed E-state index contributed by atoms with van der Waals surface area (Å²) < 4.78 is 23.0. The van der Waals surface area contributed by atoms with Crippen LogP contribution in [0.4, 0.5) is 0 Å². The van der Waals surface area contributed by atoms with Crippen molar-refractivity contribution in [3.05, 3.63) is 114 Å². The van der Waals surface area contributed by atoms with Crippen LogP contribution in [0.15, 0.2) is 101 Å². The highest BCUT2D eigenvalue weighted by Crippen LogP contribution is 2.38. The lowest BCUT2D eigenvalue weighted by Gasteiger charge is -2.07. The van der Waals surface area contributed by atoms with Gasteiger partial charge in [-0.2, -0.15) is 0 Å². The topological polar surface area (TPSA) is 87.9 Å². The molecule has 0 aliphatic carbocycles. The van der Waals surface area contributed by atoms with Crippen LogP contribution in [-0.2, 0) is 0 Å². The summed E-state index contributed by atoms with van der Waals surface area (Å²) in [5, 5.41) is 0.567. The predicted molar refractivity (Wildman–Crippen MR) is 137 cm³/mol. The highest BCUT2D eigenvalue weighted by Gasteiger charge is 2.29. The predicted octanol–water partition coefficient (Wildman–Crippen LogP) is 6.34. The quantitative estimate of drug-likeness (QED) is 0.162. The molecule has 0 unspecified atom stereocenters. The molecule has 7 nitrogen and oxygen atoms in total. The van der Waals surface area contributed by atoms with Crippen molar-refractivity contribution >= 4 is 28.8 Å². The van der Waals surface area contributed by atoms with Gasteiger partial charge < -0.3 is 18.6 Å². The number of pyridine rings is 1. The number of furan rings is 1. The molecule has 0 atom stereocenters. The third-order valence-electron chi connectivity index (χ3n) is 5.97. The number of ether oxygens (including phenoxy) is 3. The highest BCUT2D eigenvalue weighted by molar-refractivity contribution is 6.15. The van der Waals surface area contributed by atoms with E-state index >= 15 is 0 Å². The van der Waals surface area contributed by atoms with Crippen molar-refractivity contribution in [2.75, 3.05) is 7.11 Å². The van der Waals surface area contributed by atoms with E-state index in [1.54, 1.807) is 62.0 Å². The van der Waals surface area contributed by atoms with E-state index in [2.05, 4.69) is 4.98 Å². The number of benzene rings is 3. The maximum atomic E-state index is 13.5. The largest absolute Gasteiger partial charge is 0.497 e. The second kappa shape index (κ2) is 9.13. The Morgan fingerprint density at radius 2 is 1.78 bits per heavy atom. The Morgan fingerprint density at radius 1 is 0.946 bits per heavy atom. The molecule has 180 valence electrons. The third-order valence-corrected chi connectivity index (χ3v) is 5.97. The summed E-state index contributed by atoms with van der Waals surface area (Å²) in [7, 11) is 1.56. The Bertz CT molecular complexity index is 1690. The number of methoxy groups -OCH3 is 1. The van der Waals surface area contributed by atoms with Crippen LogP contribution in [0.25, 0.3) is 28.4 Å². The molecule has 3 aromatic carbocycles. The molecule has 37 heavy (non-hydrogen) atoms. The molecule has 1 aliphatic heterocycles. The monoisotopic (exact) mass is 489 g/mol. The van der Waals surface area contributed by atoms with Gasteiger partial charge in [0.05, 0.1) is 12.7 Å². The van der Waals surface area contributed by atoms with E-state index in [0.29, 0.717) is 33.8 Å². The van der Waals surface area contributed by atoms with E-state index < -0.39 is 5.97 Å². The number of fused-ring (bicyclic) bond motifs is 2. The Morgan fingerprint density at radius 3 is 2.57 bits per heavy atom. The summed E-state index contributed by atoms with van der Waals surface area (Å²) in [4.78, 5) is 30.3. The molecule has 5 aromatic rings. The molecule has 0 amide bonds. The first kappa shape index (κ1) is 22.3. The fourth-order valence-corrected chi connectivity index (χ4v) is 4.20. The second-order valence-corrected chi connectivity index (χ2v) is 8.31. The molecule has 0 saturated heterocycles. The van der Waals surface area contributed by atoms with Gasteiger partial charge in [0.15, 0.2) is 5.76 Å². The van der Waals surface area contributed by atoms with Gasteiger partial charge in [-0.3, -0.25) is 9.78 Å². The summed E-state index contributed by atoms with van der Waals surface area (Å²) in [5.74, 6) is 0.827. The van der Waals surface area contributed by atoms with Crippen molar-refractivity contribution in [3.8, 4) is 28.6 Å². The minimum Gasteiger partial charge on any atom is -0.497 e. The lowest BCUT2D eigenvalue weighted by atomic mass is 10.1. The van der Waals surface area contributed by atoms with Crippen LogP contribution in [-0.4, -0.2) is 23.8 Å². The molecule has 0 bridgehead atoms. The van der Waals surface area contributed by atoms with Crippen LogP contribution in [0.3, 0.4) is 0 Å². The van der Waals surface area contributed by atoms with Crippen LogP contribution >= 0.6 is 0 Å². The van der Waals surface area contributed by atoms with Gasteiger partial charge in [-0.05, 0) is 48.0 Å². The number of carbonyl (C=O) groups is 2. The maximum absolute atomic E-state index is 13.5. The average molecular weight is 489 g/mol. The van der Waals surface area contributed by atoms with E-state index in [9.17, 15) is 9.59 Å². The Balaban J connectivity index is 1.34. The van der Waals surface area contributed by atoms with Gasteiger partial charge in [0.2, 0.25) is 5.78 Å². The SMILES string of the molecule is COc1ccc2oc(-c3ccccc3)c(C(=O)Oc3ccc4c(c3)O/C(=C\c3cccnc3)C4=O)c2c1. The highest BCUT2D eigenvalue weighted by atomic mass is 16.5. The summed E-state index contributed by atoms with van der Waals surface area (Å²) in [6.07, 6.45) is 4.91. The van der Waals surface area contributed by atoms with Gasteiger partial charge >= 0.3 is 5.97 Å². The zero-order chi connectivity index (χ0) is 25.4. The summed E-state index contributed by atoms with van der Waals surface area (Å²) in [5.41, 5.74) is 2.66. The molecule has 3 heterocycles. The minimum atomic E-state index is -0.610. The lowest BCUT2D eigenvalue weighted by molar-refractivity contribution is 0.0736. The Kier molecular flexibility index (Phi) is 5.50. The van der Waals surface area contributed by atoms with Crippen LogP contribution in [0, 0.1) is 0 Å². The number of aromatic nitrogens is 1. The van der Waals surface area contributed by atoms with Crippen molar-refractivity contribution < 1.29 is 28.2 Å². The zero-order valence-electron chi connectivity index (χ0n) is 19.6. The summed E-state index contributed by atoms with van der Waals surface area (Å²) in [6.45, 7) is 0. The van der Waals surface area contributed by atoms with Crippen molar-refractivity contribution in [3.63, 3.8) is 0 Å². The number of rotatable bonds is 5. The number of hydrogen-bond acceptors (Lipinski definition) is 7. The number of esters is 1.